The van der Waals surface area contributed by atoms with E-state index in [1.807, 2.05) is 6.92 Å². The summed E-state index contributed by atoms with van der Waals surface area (Å²) in [5.41, 5.74) is -0.319. The molecular formula is C13H17N3O5. The summed E-state index contributed by atoms with van der Waals surface area (Å²) in [5, 5.41) is 9.21. The molecule has 1 aromatic rings. The molecule has 0 bridgehead atoms. The Kier molecular flexibility index (Phi) is 4.69. The van der Waals surface area contributed by atoms with Gasteiger partial charge in [0.15, 0.2) is 0 Å². The minimum Gasteiger partial charge on any atom is -0.481 e. The molecule has 1 aromatic heterocycles. The fourth-order valence-corrected chi connectivity index (χ4v) is 2.35. The first-order chi connectivity index (χ1) is 10.0. The second kappa shape index (κ2) is 6.49. The Labute approximate surface area is 120 Å². The highest BCUT2D eigenvalue weighted by atomic mass is 16.5. The second-order valence-electron chi connectivity index (χ2n) is 4.84. The van der Waals surface area contributed by atoms with Crippen LogP contribution in [0.15, 0.2) is 17.2 Å². The maximum Gasteiger partial charge on any atom is 0.311 e. The SMILES string of the molecule is CCCN(C(=O)c1c[nH]c(=O)cn1)C1COCC1C(=O)O. The lowest BCUT2D eigenvalue weighted by molar-refractivity contribution is -0.142. The van der Waals surface area contributed by atoms with E-state index in [0.29, 0.717) is 13.0 Å². The third kappa shape index (κ3) is 3.27. The normalized spacial score (nSPS) is 21.2. The van der Waals surface area contributed by atoms with Crippen LogP contribution in [0.3, 0.4) is 0 Å². The first kappa shape index (κ1) is 15.2. The van der Waals surface area contributed by atoms with Crippen molar-refractivity contribution in [3.8, 4) is 0 Å². The van der Waals surface area contributed by atoms with Crippen molar-refractivity contribution >= 4 is 11.9 Å². The number of carbonyl (C=O) groups is 2. The van der Waals surface area contributed by atoms with Gasteiger partial charge in [0.25, 0.3) is 11.5 Å². The fraction of sp³-hybridized carbons (Fsp3) is 0.538. The number of aliphatic carboxylic acids is 1. The molecule has 1 aliphatic heterocycles. The third-order valence-electron chi connectivity index (χ3n) is 3.38. The molecule has 1 amide bonds. The van der Waals surface area contributed by atoms with Gasteiger partial charge in [0.1, 0.15) is 11.6 Å². The van der Waals surface area contributed by atoms with Crippen LogP contribution in [0.2, 0.25) is 0 Å². The van der Waals surface area contributed by atoms with Gasteiger partial charge in [0, 0.05) is 12.7 Å². The molecule has 21 heavy (non-hydrogen) atoms. The number of nitrogens with one attached hydrogen (secondary N) is 1. The maximum absolute atomic E-state index is 12.5. The average molecular weight is 295 g/mol. The average Bonchev–Trinajstić information content (AvgIpc) is 2.94. The van der Waals surface area contributed by atoms with Crippen LogP contribution in [0.5, 0.6) is 0 Å². The lowest BCUT2D eigenvalue weighted by atomic mass is 10.0. The van der Waals surface area contributed by atoms with Gasteiger partial charge in [-0.25, -0.2) is 4.98 Å². The standard InChI is InChI=1S/C13H17N3O5/c1-2-3-16(10-7-21-6-8(10)13(19)20)12(18)9-4-15-11(17)5-14-9/h4-5,8,10H,2-3,6-7H2,1H3,(H,15,17)(H,19,20). The quantitative estimate of drug-likeness (QED) is 0.772. The zero-order valence-corrected chi connectivity index (χ0v) is 11.6. The highest BCUT2D eigenvalue weighted by Crippen LogP contribution is 2.21. The summed E-state index contributed by atoms with van der Waals surface area (Å²) < 4.78 is 5.21. The Bertz CT molecular complexity index is 565. The van der Waals surface area contributed by atoms with E-state index in [-0.39, 0.29) is 18.9 Å². The highest BCUT2D eigenvalue weighted by molar-refractivity contribution is 5.92. The van der Waals surface area contributed by atoms with Crippen molar-refractivity contribution in [1.82, 2.24) is 14.9 Å². The van der Waals surface area contributed by atoms with Gasteiger partial charge in [0.05, 0.1) is 25.5 Å². The van der Waals surface area contributed by atoms with Crippen molar-refractivity contribution in [3.05, 3.63) is 28.4 Å². The van der Waals surface area contributed by atoms with Gasteiger partial charge in [-0.1, -0.05) is 6.92 Å². The van der Waals surface area contributed by atoms with Gasteiger partial charge in [-0.3, -0.25) is 14.4 Å². The molecule has 2 heterocycles. The zero-order chi connectivity index (χ0) is 15.4. The minimum absolute atomic E-state index is 0.0825. The van der Waals surface area contributed by atoms with E-state index >= 15 is 0 Å². The fourth-order valence-electron chi connectivity index (χ4n) is 2.35. The molecule has 2 unspecified atom stereocenters. The third-order valence-corrected chi connectivity index (χ3v) is 3.38. The number of aromatic nitrogens is 2. The molecule has 1 saturated heterocycles. The number of hydrogen-bond acceptors (Lipinski definition) is 5. The lowest BCUT2D eigenvalue weighted by Crippen LogP contribution is -2.47. The zero-order valence-electron chi connectivity index (χ0n) is 11.6. The number of carboxylic acid groups (broad SMARTS) is 1. The van der Waals surface area contributed by atoms with Crippen LogP contribution in [0.1, 0.15) is 23.8 Å². The predicted octanol–water partition coefficient (Wildman–Crippen LogP) is -0.278. The molecule has 8 heteroatoms. The number of aromatic amines is 1. The molecule has 8 nitrogen and oxygen atoms in total. The van der Waals surface area contributed by atoms with Crippen LogP contribution in [-0.2, 0) is 9.53 Å². The van der Waals surface area contributed by atoms with Crippen LogP contribution in [0, 0.1) is 5.92 Å². The molecule has 0 saturated carbocycles. The van der Waals surface area contributed by atoms with Crippen LogP contribution in [-0.4, -0.2) is 57.7 Å². The first-order valence-electron chi connectivity index (χ1n) is 6.70. The molecule has 2 atom stereocenters. The molecule has 1 aliphatic rings. The van der Waals surface area contributed by atoms with Crippen LogP contribution in [0.4, 0.5) is 0 Å². The Morgan fingerprint density at radius 3 is 2.86 bits per heavy atom. The van der Waals surface area contributed by atoms with E-state index in [1.165, 1.54) is 11.1 Å². The van der Waals surface area contributed by atoms with Crippen LogP contribution >= 0.6 is 0 Å². The first-order valence-corrected chi connectivity index (χ1v) is 6.70. The predicted molar refractivity (Wildman–Crippen MR) is 71.9 cm³/mol. The summed E-state index contributed by atoms with van der Waals surface area (Å²) >= 11 is 0. The molecule has 2 N–H and O–H groups in total. The van der Waals surface area contributed by atoms with Crippen molar-refractivity contribution < 1.29 is 19.4 Å². The van der Waals surface area contributed by atoms with E-state index < -0.39 is 29.4 Å². The number of carboxylic acids is 1. The number of nitrogens with zero attached hydrogens (tertiary/aromatic N) is 2. The van der Waals surface area contributed by atoms with Gasteiger partial charge in [-0.2, -0.15) is 0 Å². The molecule has 0 aromatic carbocycles. The summed E-state index contributed by atoms with van der Waals surface area (Å²) in [4.78, 5) is 42.4. The topological polar surface area (TPSA) is 113 Å². The largest absolute Gasteiger partial charge is 0.481 e. The van der Waals surface area contributed by atoms with E-state index in [9.17, 15) is 19.5 Å². The molecule has 0 aliphatic carbocycles. The van der Waals surface area contributed by atoms with Gasteiger partial charge in [-0.15, -0.1) is 0 Å². The number of ether oxygens (including phenoxy) is 1. The van der Waals surface area contributed by atoms with Gasteiger partial charge in [0.2, 0.25) is 0 Å². The van der Waals surface area contributed by atoms with Gasteiger partial charge >= 0.3 is 5.97 Å². The summed E-state index contributed by atoms with van der Waals surface area (Å²) in [7, 11) is 0. The van der Waals surface area contributed by atoms with E-state index in [2.05, 4.69) is 9.97 Å². The minimum atomic E-state index is -0.985. The van der Waals surface area contributed by atoms with E-state index in [1.54, 1.807) is 0 Å². The molecule has 0 radical (unpaired) electrons. The number of H-pyrrole nitrogens is 1. The van der Waals surface area contributed by atoms with Crippen LogP contribution < -0.4 is 5.56 Å². The number of carbonyl (C=O) groups excluding carboxylic acids is 1. The monoisotopic (exact) mass is 295 g/mol. The highest BCUT2D eigenvalue weighted by Gasteiger charge is 2.40. The van der Waals surface area contributed by atoms with Crippen LogP contribution in [0.25, 0.3) is 0 Å². The Morgan fingerprint density at radius 1 is 1.52 bits per heavy atom. The smallest absolute Gasteiger partial charge is 0.311 e. The molecular weight excluding hydrogens is 278 g/mol. The second-order valence-corrected chi connectivity index (χ2v) is 4.84. The summed E-state index contributed by atoms with van der Waals surface area (Å²) in [6.45, 7) is 2.57. The maximum atomic E-state index is 12.5. The van der Waals surface area contributed by atoms with Crippen molar-refractivity contribution in [2.45, 2.75) is 19.4 Å². The van der Waals surface area contributed by atoms with Crippen molar-refractivity contribution in [2.75, 3.05) is 19.8 Å². The molecule has 1 fully saturated rings. The molecule has 114 valence electrons. The van der Waals surface area contributed by atoms with Gasteiger partial charge < -0.3 is 19.7 Å². The van der Waals surface area contributed by atoms with Gasteiger partial charge in [-0.05, 0) is 6.42 Å². The Morgan fingerprint density at radius 2 is 2.29 bits per heavy atom. The lowest BCUT2D eigenvalue weighted by Gasteiger charge is -2.29. The number of amides is 1. The van der Waals surface area contributed by atoms with E-state index in [0.717, 1.165) is 6.20 Å². The van der Waals surface area contributed by atoms with E-state index in [4.69, 9.17) is 4.74 Å². The number of hydrogen-bond donors (Lipinski definition) is 2. The van der Waals surface area contributed by atoms with Crippen molar-refractivity contribution in [2.24, 2.45) is 5.92 Å². The summed E-state index contributed by atoms with van der Waals surface area (Å²) in [6.07, 6.45) is 2.94. The van der Waals surface area contributed by atoms with Crippen molar-refractivity contribution in [1.29, 1.82) is 0 Å². The Hall–Kier alpha value is -2.22. The molecule has 2 rings (SSSR count). The Balaban J connectivity index is 2.25. The number of rotatable bonds is 5. The summed E-state index contributed by atoms with van der Waals surface area (Å²) in [5.74, 6) is -2.14. The van der Waals surface area contributed by atoms with Crippen molar-refractivity contribution in [3.63, 3.8) is 0 Å². The molecule has 0 spiro atoms. The summed E-state index contributed by atoms with van der Waals surface area (Å²) in [6, 6.07) is -0.524.